The molecule has 144 valence electrons. The fraction of sp³-hybridized carbons (Fsp3) is 0.292. The number of aliphatic imine (C=N–C) groups is 1. The number of aryl methyl sites for hydroxylation is 2. The number of thioether (sulfide) groups is 1. The zero-order valence-electron chi connectivity index (χ0n) is 16.5. The highest BCUT2D eigenvalue weighted by molar-refractivity contribution is 7.98. The molecule has 0 saturated carbocycles. The molecule has 0 saturated heterocycles. The van der Waals surface area contributed by atoms with Crippen molar-refractivity contribution in [1.82, 2.24) is 4.57 Å². The molecule has 0 fully saturated rings. The predicted molar refractivity (Wildman–Crippen MR) is 118 cm³/mol. The second kappa shape index (κ2) is 8.70. The van der Waals surface area contributed by atoms with Crippen molar-refractivity contribution >= 4 is 17.7 Å². The summed E-state index contributed by atoms with van der Waals surface area (Å²) < 4.78 is 8.16. The summed E-state index contributed by atoms with van der Waals surface area (Å²) >= 11 is 1.92. The van der Waals surface area contributed by atoms with Crippen LogP contribution in [0.2, 0.25) is 0 Å². The average molecular weight is 391 g/mol. The van der Waals surface area contributed by atoms with E-state index in [1.807, 2.05) is 11.8 Å². The van der Waals surface area contributed by atoms with E-state index in [-0.39, 0.29) is 6.04 Å². The molecule has 2 aromatic carbocycles. The summed E-state index contributed by atoms with van der Waals surface area (Å²) in [5, 5.41) is 0. The first-order valence-corrected chi connectivity index (χ1v) is 10.9. The lowest BCUT2D eigenvalue weighted by Crippen LogP contribution is -2.11. The minimum atomic E-state index is 0.229. The molecule has 28 heavy (non-hydrogen) atoms. The highest BCUT2D eigenvalue weighted by atomic mass is 32.2. The van der Waals surface area contributed by atoms with E-state index in [1.54, 1.807) is 0 Å². The molecule has 0 spiro atoms. The molecule has 1 atom stereocenters. The van der Waals surface area contributed by atoms with E-state index in [1.165, 1.54) is 22.3 Å². The number of ether oxygens (including phenoxy) is 1. The van der Waals surface area contributed by atoms with Crippen LogP contribution >= 0.6 is 11.8 Å². The fourth-order valence-corrected chi connectivity index (χ4v) is 4.38. The molecule has 3 nitrogen and oxygen atoms in total. The molecule has 0 bridgehead atoms. The van der Waals surface area contributed by atoms with E-state index in [2.05, 4.69) is 85.3 Å². The third-order valence-electron chi connectivity index (χ3n) is 4.90. The Morgan fingerprint density at radius 2 is 1.86 bits per heavy atom. The van der Waals surface area contributed by atoms with Crippen molar-refractivity contribution in [1.29, 1.82) is 0 Å². The Kier molecular flexibility index (Phi) is 5.87. The molecule has 4 heteroatoms. The van der Waals surface area contributed by atoms with Gasteiger partial charge in [-0.15, -0.1) is 0 Å². The van der Waals surface area contributed by atoms with E-state index in [0.717, 1.165) is 29.6 Å². The average Bonchev–Trinajstić information content (AvgIpc) is 3.33. The number of rotatable bonds is 7. The number of nitrogens with zero attached hydrogens (tertiary/aromatic N) is 2. The molecule has 1 aliphatic heterocycles. The van der Waals surface area contributed by atoms with Crippen LogP contribution < -0.4 is 0 Å². The van der Waals surface area contributed by atoms with Gasteiger partial charge in [-0.2, -0.15) is 11.8 Å². The normalized spacial score (nSPS) is 16.1. The van der Waals surface area contributed by atoms with E-state index in [4.69, 9.17) is 9.73 Å². The molecule has 0 aliphatic carbocycles. The van der Waals surface area contributed by atoms with Gasteiger partial charge in [0.2, 0.25) is 5.90 Å². The maximum atomic E-state index is 5.95. The van der Waals surface area contributed by atoms with Gasteiger partial charge in [0, 0.05) is 24.2 Å². The predicted octanol–water partition coefficient (Wildman–Crippen LogP) is 5.23. The van der Waals surface area contributed by atoms with Gasteiger partial charge >= 0.3 is 0 Å². The van der Waals surface area contributed by atoms with Crippen molar-refractivity contribution in [3.8, 4) is 0 Å². The molecular weight excluding hydrogens is 364 g/mol. The summed E-state index contributed by atoms with van der Waals surface area (Å²) in [6, 6.07) is 21.8. The second-order valence-electron chi connectivity index (χ2n) is 7.41. The van der Waals surface area contributed by atoms with Crippen LogP contribution in [0.3, 0.4) is 0 Å². The monoisotopic (exact) mass is 390 g/mol. The van der Waals surface area contributed by atoms with Crippen molar-refractivity contribution in [3.05, 3.63) is 94.8 Å². The third kappa shape index (κ3) is 4.68. The molecule has 1 unspecified atom stereocenters. The summed E-state index contributed by atoms with van der Waals surface area (Å²) in [4.78, 5) is 4.85. The molecule has 0 amide bonds. The standard InChI is InChI=1S/C24H26N2OS/c1-18-8-10-20(11-9-18)16-28-17-22-15-27-24(25-22)23-7-4-12-26(23)14-21-6-3-5-19(2)13-21/h3-13,22H,14-17H2,1-2H3. The topological polar surface area (TPSA) is 26.5 Å². The molecule has 0 radical (unpaired) electrons. The van der Waals surface area contributed by atoms with Gasteiger partial charge < -0.3 is 9.30 Å². The summed E-state index contributed by atoms with van der Waals surface area (Å²) in [7, 11) is 0. The van der Waals surface area contributed by atoms with Gasteiger partial charge in [-0.25, -0.2) is 4.99 Å². The molecular formula is C24H26N2OS. The molecule has 3 aromatic rings. The van der Waals surface area contributed by atoms with Crippen LogP contribution in [0.5, 0.6) is 0 Å². The largest absolute Gasteiger partial charge is 0.474 e. The number of hydrogen-bond acceptors (Lipinski definition) is 3. The lowest BCUT2D eigenvalue weighted by Gasteiger charge is -2.09. The maximum absolute atomic E-state index is 5.95. The minimum absolute atomic E-state index is 0.229. The summed E-state index contributed by atoms with van der Waals surface area (Å²) in [5.41, 5.74) is 6.31. The Balaban J connectivity index is 1.36. The zero-order valence-corrected chi connectivity index (χ0v) is 17.3. The molecule has 1 aliphatic rings. The highest BCUT2D eigenvalue weighted by Gasteiger charge is 2.22. The smallest absolute Gasteiger partial charge is 0.233 e. The van der Waals surface area contributed by atoms with E-state index in [9.17, 15) is 0 Å². The van der Waals surface area contributed by atoms with Crippen molar-refractivity contribution in [2.45, 2.75) is 32.2 Å². The Morgan fingerprint density at radius 3 is 2.68 bits per heavy atom. The molecule has 4 rings (SSSR count). The van der Waals surface area contributed by atoms with Gasteiger partial charge in [-0.05, 0) is 37.1 Å². The lowest BCUT2D eigenvalue weighted by atomic mass is 10.1. The SMILES string of the molecule is Cc1ccc(CSCC2COC(c3cccn3Cc3cccc(C)c3)=N2)cc1. The Labute approximate surface area is 171 Å². The summed E-state index contributed by atoms with van der Waals surface area (Å²) in [6.45, 7) is 5.76. The van der Waals surface area contributed by atoms with Crippen molar-refractivity contribution < 1.29 is 4.74 Å². The number of benzene rings is 2. The van der Waals surface area contributed by atoms with Gasteiger partial charge in [0.15, 0.2) is 0 Å². The lowest BCUT2D eigenvalue weighted by molar-refractivity contribution is 0.323. The van der Waals surface area contributed by atoms with E-state index in [0.29, 0.717) is 6.61 Å². The van der Waals surface area contributed by atoms with Gasteiger partial charge in [0.25, 0.3) is 0 Å². The van der Waals surface area contributed by atoms with Crippen molar-refractivity contribution in [2.75, 3.05) is 12.4 Å². The first-order chi connectivity index (χ1) is 13.7. The van der Waals surface area contributed by atoms with Gasteiger partial charge in [-0.1, -0.05) is 59.7 Å². The Bertz CT molecular complexity index is 959. The first kappa shape index (κ1) is 18.9. The summed E-state index contributed by atoms with van der Waals surface area (Å²) in [5.74, 6) is 2.78. The molecule has 1 aromatic heterocycles. The van der Waals surface area contributed by atoms with Gasteiger partial charge in [-0.3, -0.25) is 0 Å². The van der Waals surface area contributed by atoms with Crippen LogP contribution in [0.4, 0.5) is 0 Å². The van der Waals surface area contributed by atoms with Crippen LogP contribution in [0, 0.1) is 13.8 Å². The molecule has 0 N–H and O–H groups in total. The van der Waals surface area contributed by atoms with Crippen LogP contribution in [-0.4, -0.2) is 28.9 Å². The Hall–Kier alpha value is -2.46. The minimum Gasteiger partial charge on any atom is -0.474 e. The third-order valence-corrected chi connectivity index (χ3v) is 6.05. The fourth-order valence-electron chi connectivity index (χ4n) is 3.39. The van der Waals surface area contributed by atoms with E-state index < -0.39 is 0 Å². The van der Waals surface area contributed by atoms with Gasteiger partial charge in [0.05, 0.1) is 6.04 Å². The zero-order chi connectivity index (χ0) is 19.3. The first-order valence-electron chi connectivity index (χ1n) is 9.72. The van der Waals surface area contributed by atoms with Crippen LogP contribution in [0.15, 0.2) is 71.9 Å². The summed E-state index contributed by atoms with van der Waals surface area (Å²) in [6.07, 6.45) is 2.10. The van der Waals surface area contributed by atoms with Crippen molar-refractivity contribution in [2.24, 2.45) is 4.99 Å². The molecule has 2 heterocycles. The van der Waals surface area contributed by atoms with Crippen LogP contribution in [0.25, 0.3) is 0 Å². The van der Waals surface area contributed by atoms with E-state index >= 15 is 0 Å². The maximum Gasteiger partial charge on any atom is 0.233 e. The highest BCUT2D eigenvalue weighted by Crippen LogP contribution is 2.20. The van der Waals surface area contributed by atoms with Crippen LogP contribution in [0.1, 0.15) is 27.9 Å². The quantitative estimate of drug-likeness (QED) is 0.552. The van der Waals surface area contributed by atoms with Gasteiger partial charge in [0.1, 0.15) is 12.3 Å². The Morgan fingerprint density at radius 1 is 1.00 bits per heavy atom. The van der Waals surface area contributed by atoms with Crippen LogP contribution in [-0.2, 0) is 17.0 Å². The number of aromatic nitrogens is 1. The number of hydrogen-bond donors (Lipinski definition) is 0. The second-order valence-corrected chi connectivity index (χ2v) is 8.44. The van der Waals surface area contributed by atoms with Crippen molar-refractivity contribution in [3.63, 3.8) is 0 Å².